The number of hydrogen-bond acceptors (Lipinski definition) is 1. The number of carbonyl (C=O) groups is 1. The van der Waals surface area contributed by atoms with Crippen LogP contribution in [-0.2, 0) is 11.2 Å². The summed E-state index contributed by atoms with van der Waals surface area (Å²) in [6.45, 7) is 0.440. The maximum Gasteiger partial charge on any atom is 0.224 e. The van der Waals surface area contributed by atoms with E-state index >= 15 is 0 Å². The Bertz CT molecular complexity index is 317. The molecule has 0 aromatic heterocycles. The molecule has 0 unspecified atom stereocenters. The predicted molar refractivity (Wildman–Crippen MR) is 53.8 cm³/mol. The molecule has 0 saturated heterocycles. The van der Waals surface area contributed by atoms with Gasteiger partial charge in [-0.2, -0.15) is 0 Å². The monoisotopic (exact) mass is 215 g/mol. The number of benzene rings is 1. The van der Waals surface area contributed by atoms with Gasteiger partial charge >= 0.3 is 0 Å². The van der Waals surface area contributed by atoms with Crippen molar-refractivity contribution in [3.05, 3.63) is 35.6 Å². The van der Waals surface area contributed by atoms with E-state index in [2.05, 4.69) is 5.32 Å². The maximum absolute atomic E-state index is 12.7. The molecule has 0 saturated carbocycles. The highest BCUT2D eigenvalue weighted by molar-refractivity contribution is 6.18. The first-order chi connectivity index (χ1) is 6.72. The van der Waals surface area contributed by atoms with E-state index in [9.17, 15) is 9.18 Å². The van der Waals surface area contributed by atoms with Gasteiger partial charge < -0.3 is 5.32 Å². The first-order valence-electron chi connectivity index (χ1n) is 4.29. The summed E-state index contributed by atoms with van der Waals surface area (Å²) in [6.07, 6.45) is 0.189. The molecule has 0 atom stereocenters. The fourth-order valence-corrected chi connectivity index (χ4v) is 1.18. The Morgan fingerprint density at radius 2 is 2.29 bits per heavy atom. The summed E-state index contributed by atoms with van der Waals surface area (Å²) in [4.78, 5) is 11.2. The third-order valence-corrected chi connectivity index (χ3v) is 1.86. The Hall–Kier alpha value is -1.09. The van der Waals surface area contributed by atoms with Gasteiger partial charge in [-0.05, 0) is 17.7 Å². The second-order valence-electron chi connectivity index (χ2n) is 2.85. The van der Waals surface area contributed by atoms with E-state index in [1.54, 1.807) is 12.1 Å². The van der Waals surface area contributed by atoms with Crippen LogP contribution in [0.25, 0.3) is 0 Å². The van der Waals surface area contributed by atoms with Crippen LogP contribution in [0.3, 0.4) is 0 Å². The highest BCUT2D eigenvalue weighted by Crippen LogP contribution is 2.03. The molecule has 0 fully saturated rings. The highest BCUT2D eigenvalue weighted by atomic mass is 35.5. The van der Waals surface area contributed by atoms with Gasteiger partial charge in [-0.3, -0.25) is 4.79 Å². The minimum Gasteiger partial charge on any atom is -0.355 e. The van der Waals surface area contributed by atoms with Crippen LogP contribution >= 0.6 is 11.6 Å². The van der Waals surface area contributed by atoms with Gasteiger partial charge in [0.1, 0.15) is 5.82 Å². The zero-order valence-corrected chi connectivity index (χ0v) is 8.35. The molecular formula is C10H11ClFNO. The molecule has 4 heteroatoms. The van der Waals surface area contributed by atoms with Gasteiger partial charge in [-0.25, -0.2) is 4.39 Å². The molecule has 0 radical (unpaired) electrons. The molecule has 2 nitrogen and oxygen atoms in total. The van der Waals surface area contributed by atoms with Crippen LogP contribution in [-0.4, -0.2) is 18.3 Å². The molecule has 1 amide bonds. The summed E-state index contributed by atoms with van der Waals surface area (Å²) in [5.74, 6) is -0.0848. The van der Waals surface area contributed by atoms with E-state index in [4.69, 9.17) is 11.6 Å². The number of carbonyl (C=O) groups excluding carboxylic acids is 1. The Morgan fingerprint density at radius 3 is 2.93 bits per heavy atom. The largest absolute Gasteiger partial charge is 0.355 e. The minimum absolute atomic E-state index is 0.142. The standard InChI is InChI=1S/C10H11ClFNO/c11-4-5-13-10(14)7-8-2-1-3-9(12)6-8/h1-3,6H,4-5,7H2,(H,13,14). The zero-order valence-electron chi connectivity index (χ0n) is 7.59. The van der Waals surface area contributed by atoms with E-state index in [1.165, 1.54) is 12.1 Å². The van der Waals surface area contributed by atoms with Crippen LogP contribution in [0.15, 0.2) is 24.3 Å². The molecule has 1 rings (SSSR count). The van der Waals surface area contributed by atoms with Crippen molar-refractivity contribution in [1.29, 1.82) is 0 Å². The maximum atomic E-state index is 12.7. The number of hydrogen-bond donors (Lipinski definition) is 1. The lowest BCUT2D eigenvalue weighted by atomic mass is 10.1. The normalized spacial score (nSPS) is 9.86. The molecule has 1 N–H and O–H groups in total. The first kappa shape index (κ1) is 11.0. The molecule has 1 aromatic rings. The molecule has 76 valence electrons. The average Bonchev–Trinajstić information content (AvgIpc) is 2.15. The summed E-state index contributed by atoms with van der Waals surface area (Å²) >= 11 is 5.40. The number of amides is 1. The van der Waals surface area contributed by atoms with Crippen LogP contribution in [0.5, 0.6) is 0 Å². The topological polar surface area (TPSA) is 29.1 Å². The molecule has 1 aromatic carbocycles. The summed E-state index contributed by atoms with van der Waals surface area (Å²) in [5.41, 5.74) is 0.664. The fraction of sp³-hybridized carbons (Fsp3) is 0.300. The molecule has 14 heavy (non-hydrogen) atoms. The van der Waals surface area contributed by atoms with Crippen LogP contribution in [0.4, 0.5) is 4.39 Å². The lowest BCUT2D eigenvalue weighted by Gasteiger charge is -2.02. The van der Waals surface area contributed by atoms with Gasteiger partial charge in [0, 0.05) is 12.4 Å². The van der Waals surface area contributed by atoms with Crippen LogP contribution in [0, 0.1) is 5.82 Å². The van der Waals surface area contributed by atoms with Gasteiger partial charge in [0.2, 0.25) is 5.91 Å². The van der Waals surface area contributed by atoms with Gasteiger partial charge in [-0.1, -0.05) is 12.1 Å². The summed E-state index contributed by atoms with van der Waals surface area (Å²) in [7, 11) is 0. The first-order valence-corrected chi connectivity index (χ1v) is 4.83. The fourth-order valence-electron chi connectivity index (χ4n) is 1.08. The summed E-state index contributed by atoms with van der Waals surface area (Å²) in [5, 5.41) is 2.61. The van der Waals surface area contributed by atoms with Crippen molar-refractivity contribution in [2.75, 3.05) is 12.4 Å². The van der Waals surface area contributed by atoms with Crippen molar-refractivity contribution in [1.82, 2.24) is 5.32 Å². The molecule has 0 aliphatic carbocycles. The number of halogens is 2. The van der Waals surface area contributed by atoms with Crippen molar-refractivity contribution in [2.24, 2.45) is 0 Å². The summed E-state index contributed by atoms with van der Waals surface area (Å²) < 4.78 is 12.7. The lowest BCUT2D eigenvalue weighted by molar-refractivity contribution is -0.120. The van der Waals surface area contributed by atoms with E-state index in [1.807, 2.05) is 0 Å². The highest BCUT2D eigenvalue weighted by Gasteiger charge is 2.02. The molecule has 0 aliphatic heterocycles. The van der Waals surface area contributed by atoms with Crippen molar-refractivity contribution < 1.29 is 9.18 Å². The van der Waals surface area contributed by atoms with Gasteiger partial charge in [0.05, 0.1) is 6.42 Å². The minimum atomic E-state index is -0.326. The van der Waals surface area contributed by atoms with Crippen molar-refractivity contribution in [3.8, 4) is 0 Å². The smallest absolute Gasteiger partial charge is 0.224 e. The number of nitrogens with one attached hydrogen (secondary N) is 1. The Balaban J connectivity index is 2.47. The third kappa shape index (κ3) is 3.75. The second-order valence-corrected chi connectivity index (χ2v) is 3.22. The molecular weight excluding hydrogens is 205 g/mol. The van der Waals surface area contributed by atoms with E-state index in [0.29, 0.717) is 18.0 Å². The van der Waals surface area contributed by atoms with Crippen LogP contribution in [0.2, 0.25) is 0 Å². The van der Waals surface area contributed by atoms with Crippen molar-refractivity contribution in [3.63, 3.8) is 0 Å². The molecule has 0 heterocycles. The van der Waals surface area contributed by atoms with Gasteiger partial charge in [0.25, 0.3) is 0 Å². The summed E-state index contributed by atoms with van der Waals surface area (Å²) in [6, 6.07) is 5.99. The molecule has 0 aliphatic rings. The Morgan fingerprint density at radius 1 is 1.50 bits per heavy atom. The quantitative estimate of drug-likeness (QED) is 0.762. The number of alkyl halides is 1. The van der Waals surface area contributed by atoms with Gasteiger partial charge in [0.15, 0.2) is 0 Å². The third-order valence-electron chi connectivity index (χ3n) is 1.67. The SMILES string of the molecule is O=C(Cc1cccc(F)c1)NCCCl. The van der Waals surface area contributed by atoms with Crippen molar-refractivity contribution >= 4 is 17.5 Å². The average molecular weight is 216 g/mol. The zero-order chi connectivity index (χ0) is 10.4. The van der Waals surface area contributed by atoms with E-state index < -0.39 is 0 Å². The predicted octanol–water partition coefficient (Wildman–Crippen LogP) is 1.72. The Labute approximate surface area is 87.1 Å². The van der Waals surface area contributed by atoms with E-state index in [-0.39, 0.29) is 18.1 Å². The van der Waals surface area contributed by atoms with Crippen molar-refractivity contribution in [2.45, 2.75) is 6.42 Å². The second kappa shape index (κ2) is 5.60. The molecule has 0 spiro atoms. The number of rotatable bonds is 4. The lowest BCUT2D eigenvalue weighted by Crippen LogP contribution is -2.26. The van der Waals surface area contributed by atoms with Gasteiger partial charge in [-0.15, -0.1) is 11.6 Å². The van der Waals surface area contributed by atoms with Crippen LogP contribution in [0.1, 0.15) is 5.56 Å². The van der Waals surface area contributed by atoms with Crippen LogP contribution < -0.4 is 5.32 Å². The van der Waals surface area contributed by atoms with E-state index in [0.717, 1.165) is 0 Å². The Kier molecular flexibility index (Phi) is 4.40. The molecule has 0 bridgehead atoms.